The molecule has 7 aromatic carbocycles. The lowest BCUT2D eigenvalue weighted by atomic mass is 9.98. The molecule has 226 valence electrons. The number of hydrogen-bond donors (Lipinski definition) is 0. The number of benzene rings is 7. The molecular formula is C45H30N2O. The van der Waals surface area contributed by atoms with Crippen LogP contribution in [0.3, 0.4) is 0 Å². The van der Waals surface area contributed by atoms with E-state index in [2.05, 4.69) is 168 Å². The van der Waals surface area contributed by atoms with Gasteiger partial charge in [0.15, 0.2) is 5.58 Å². The van der Waals surface area contributed by atoms with Crippen molar-refractivity contribution in [2.24, 2.45) is 0 Å². The molecule has 0 amide bonds. The summed E-state index contributed by atoms with van der Waals surface area (Å²) in [5, 5.41) is 3.37. The Labute approximate surface area is 279 Å². The Bertz CT molecular complexity index is 2540. The van der Waals surface area contributed by atoms with E-state index in [0.717, 1.165) is 55.6 Å². The second-order valence-corrected chi connectivity index (χ2v) is 12.0. The Balaban J connectivity index is 1.15. The van der Waals surface area contributed by atoms with Crippen LogP contribution in [0.1, 0.15) is 0 Å². The van der Waals surface area contributed by atoms with Gasteiger partial charge in [-0.1, -0.05) is 121 Å². The molecule has 0 aliphatic carbocycles. The highest BCUT2D eigenvalue weighted by Crippen LogP contribution is 2.42. The van der Waals surface area contributed by atoms with Crippen molar-refractivity contribution in [2.75, 3.05) is 4.90 Å². The Morgan fingerprint density at radius 2 is 1.02 bits per heavy atom. The molecule has 0 aliphatic heterocycles. The maximum absolute atomic E-state index is 6.14. The first-order valence-electron chi connectivity index (χ1n) is 16.2. The molecule has 3 nitrogen and oxygen atoms in total. The molecule has 9 rings (SSSR count). The minimum absolute atomic E-state index is 0.808. The quantitative estimate of drug-likeness (QED) is 0.187. The monoisotopic (exact) mass is 614 g/mol. The second kappa shape index (κ2) is 11.7. The smallest absolute Gasteiger partial charge is 0.153 e. The van der Waals surface area contributed by atoms with Crippen LogP contribution in [-0.4, -0.2) is 4.98 Å². The topological polar surface area (TPSA) is 29.3 Å². The second-order valence-electron chi connectivity index (χ2n) is 12.0. The highest BCUT2D eigenvalue weighted by Gasteiger charge is 2.18. The first kappa shape index (κ1) is 27.8. The van der Waals surface area contributed by atoms with Crippen LogP contribution in [0.4, 0.5) is 17.1 Å². The van der Waals surface area contributed by atoms with Crippen molar-refractivity contribution in [3.63, 3.8) is 0 Å². The van der Waals surface area contributed by atoms with E-state index in [9.17, 15) is 0 Å². The Morgan fingerprint density at radius 3 is 1.75 bits per heavy atom. The maximum atomic E-state index is 6.14. The van der Waals surface area contributed by atoms with Gasteiger partial charge < -0.3 is 9.32 Å². The molecule has 0 N–H and O–H groups in total. The molecule has 0 bridgehead atoms. The lowest BCUT2D eigenvalue weighted by Crippen LogP contribution is -2.11. The molecule has 0 saturated heterocycles. The van der Waals surface area contributed by atoms with Crippen LogP contribution in [0.5, 0.6) is 0 Å². The van der Waals surface area contributed by atoms with Gasteiger partial charge in [-0.2, -0.15) is 0 Å². The summed E-state index contributed by atoms with van der Waals surface area (Å²) in [4.78, 5) is 7.02. The van der Waals surface area contributed by atoms with Crippen LogP contribution in [0, 0.1) is 0 Å². The van der Waals surface area contributed by atoms with Gasteiger partial charge in [0.25, 0.3) is 0 Å². The van der Waals surface area contributed by atoms with E-state index in [1.807, 2.05) is 24.4 Å². The first-order chi connectivity index (χ1) is 23.8. The standard InChI is InChI=1S/C45H30N2O/c1-3-10-31(11-4-1)32-19-24-37(25-20-32)47(41-15-8-7-14-39(41)34-12-5-2-6-13-34)38-26-21-33(22-27-38)36-18-17-35-23-28-42-44(40(35)30-36)45-43(48-42)16-9-29-46-45/h1-30H. The van der Waals surface area contributed by atoms with E-state index >= 15 is 0 Å². The number of hydrogen-bond acceptors (Lipinski definition) is 3. The summed E-state index contributed by atoms with van der Waals surface area (Å²) in [7, 11) is 0. The third-order valence-electron chi connectivity index (χ3n) is 9.13. The molecule has 2 aromatic heterocycles. The molecule has 0 spiro atoms. The van der Waals surface area contributed by atoms with Gasteiger partial charge in [0, 0.05) is 23.1 Å². The summed E-state index contributed by atoms with van der Waals surface area (Å²) in [6, 6.07) is 62.2. The van der Waals surface area contributed by atoms with Crippen LogP contribution >= 0.6 is 0 Å². The van der Waals surface area contributed by atoms with Crippen LogP contribution in [0.15, 0.2) is 187 Å². The van der Waals surface area contributed by atoms with E-state index in [1.54, 1.807) is 0 Å². The molecule has 0 fully saturated rings. The van der Waals surface area contributed by atoms with Crippen molar-refractivity contribution in [3.05, 3.63) is 182 Å². The summed E-state index contributed by atoms with van der Waals surface area (Å²) in [6.07, 6.45) is 1.83. The van der Waals surface area contributed by atoms with E-state index in [1.165, 1.54) is 27.6 Å². The fourth-order valence-electron chi connectivity index (χ4n) is 6.78. The Kier molecular flexibility index (Phi) is 6.80. The number of anilines is 3. The minimum atomic E-state index is 0.808. The molecule has 0 radical (unpaired) electrons. The van der Waals surface area contributed by atoms with Crippen LogP contribution in [0.25, 0.3) is 66.2 Å². The number of pyridine rings is 1. The summed E-state index contributed by atoms with van der Waals surface area (Å²) in [6.45, 7) is 0. The Morgan fingerprint density at radius 1 is 0.438 bits per heavy atom. The zero-order valence-corrected chi connectivity index (χ0v) is 26.1. The van der Waals surface area contributed by atoms with Crippen LogP contribution < -0.4 is 4.90 Å². The van der Waals surface area contributed by atoms with Gasteiger partial charge in [-0.15, -0.1) is 0 Å². The average molecular weight is 615 g/mol. The lowest BCUT2D eigenvalue weighted by molar-refractivity contribution is 0.668. The average Bonchev–Trinajstić information content (AvgIpc) is 3.56. The van der Waals surface area contributed by atoms with Crippen molar-refractivity contribution in [3.8, 4) is 33.4 Å². The molecule has 0 atom stereocenters. The molecule has 0 saturated carbocycles. The lowest BCUT2D eigenvalue weighted by Gasteiger charge is -2.28. The summed E-state index contributed by atoms with van der Waals surface area (Å²) >= 11 is 0. The predicted octanol–water partition coefficient (Wildman–Crippen LogP) is 12.6. The molecular weight excluding hydrogens is 585 g/mol. The maximum Gasteiger partial charge on any atom is 0.153 e. The molecule has 0 unspecified atom stereocenters. The van der Waals surface area contributed by atoms with E-state index in [-0.39, 0.29) is 0 Å². The van der Waals surface area contributed by atoms with E-state index in [0.29, 0.717) is 0 Å². The SMILES string of the molecule is c1ccc(-c2ccc(N(c3ccc(-c4ccc5ccc6oc7cccnc7c6c5c4)cc3)c3ccccc3-c3ccccc3)cc2)cc1. The molecule has 48 heavy (non-hydrogen) atoms. The van der Waals surface area contributed by atoms with Crippen LogP contribution in [-0.2, 0) is 0 Å². The fourth-order valence-corrected chi connectivity index (χ4v) is 6.78. The third kappa shape index (κ3) is 4.90. The van der Waals surface area contributed by atoms with E-state index < -0.39 is 0 Å². The van der Waals surface area contributed by atoms with Gasteiger partial charge in [0.1, 0.15) is 11.1 Å². The highest BCUT2D eigenvalue weighted by atomic mass is 16.3. The van der Waals surface area contributed by atoms with Gasteiger partial charge >= 0.3 is 0 Å². The predicted molar refractivity (Wildman–Crippen MR) is 200 cm³/mol. The van der Waals surface area contributed by atoms with Gasteiger partial charge in [0.2, 0.25) is 0 Å². The highest BCUT2D eigenvalue weighted by molar-refractivity contribution is 6.18. The number of fused-ring (bicyclic) bond motifs is 5. The van der Waals surface area contributed by atoms with Crippen molar-refractivity contribution in [1.29, 1.82) is 0 Å². The van der Waals surface area contributed by atoms with Crippen molar-refractivity contribution < 1.29 is 4.42 Å². The summed E-state index contributed by atoms with van der Waals surface area (Å²) < 4.78 is 6.14. The number of rotatable bonds is 6. The molecule has 2 heterocycles. The van der Waals surface area contributed by atoms with Gasteiger partial charge in [-0.25, -0.2) is 0 Å². The first-order valence-corrected chi connectivity index (χ1v) is 16.2. The normalized spacial score (nSPS) is 11.3. The zero-order valence-electron chi connectivity index (χ0n) is 26.1. The molecule has 3 heteroatoms. The van der Waals surface area contributed by atoms with Crippen molar-refractivity contribution in [2.45, 2.75) is 0 Å². The van der Waals surface area contributed by atoms with Gasteiger partial charge in [-0.05, 0) is 93.2 Å². The molecule has 9 aromatic rings. The van der Waals surface area contributed by atoms with Crippen LogP contribution in [0.2, 0.25) is 0 Å². The van der Waals surface area contributed by atoms with Gasteiger partial charge in [0.05, 0.1) is 11.1 Å². The van der Waals surface area contributed by atoms with E-state index in [4.69, 9.17) is 4.42 Å². The number of nitrogens with zero attached hydrogens (tertiary/aromatic N) is 2. The number of aromatic nitrogens is 1. The summed E-state index contributed by atoms with van der Waals surface area (Å²) in [5.41, 5.74) is 12.9. The number of para-hydroxylation sites is 1. The molecule has 0 aliphatic rings. The van der Waals surface area contributed by atoms with Crippen molar-refractivity contribution >= 4 is 49.9 Å². The summed E-state index contributed by atoms with van der Waals surface area (Å²) in [5.74, 6) is 0. The van der Waals surface area contributed by atoms with Gasteiger partial charge in [-0.3, -0.25) is 4.98 Å². The fraction of sp³-hybridized carbons (Fsp3) is 0. The number of furan rings is 1. The minimum Gasteiger partial charge on any atom is -0.454 e. The van der Waals surface area contributed by atoms with Crippen molar-refractivity contribution in [1.82, 2.24) is 4.98 Å². The largest absolute Gasteiger partial charge is 0.454 e. The zero-order chi connectivity index (χ0) is 31.9. The third-order valence-corrected chi connectivity index (χ3v) is 9.13. The Hall–Kier alpha value is -6.45.